The van der Waals surface area contributed by atoms with Gasteiger partial charge in [0.15, 0.2) is 0 Å². The molecule has 0 atom stereocenters. The molecule has 25 heavy (non-hydrogen) atoms. The number of halogens is 1. The van der Waals surface area contributed by atoms with Gasteiger partial charge in [-0.25, -0.2) is 0 Å². The van der Waals surface area contributed by atoms with Gasteiger partial charge in [-0.2, -0.15) is 0 Å². The molecule has 0 aliphatic carbocycles. The predicted octanol–water partition coefficient (Wildman–Crippen LogP) is 5.12. The number of allylic oxidation sites excluding steroid dienone is 4. The number of anilines is 1. The van der Waals surface area contributed by atoms with E-state index in [9.17, 15) is 4.79 Å². The molecular formula is C18H15ClN2OS3. The zero-order valence-corrected chi connectivity index (χ0v) is 16.6. The Kier molecular flexibility index (Phi) is 5.74. The van der Waals surface area contributed by atoms with Gasteiger partial charge in [-0.3, -0.25) is 9.69 Å². The Labute approximate surface area is 166 Å². The van der Waals surface area contributed by atoms with E-state index in [4.69, 9.17) is 23.8 Å². The van der Waals surface area contributed by atoms with Crippen molar-refractivity contribution in [2.75, 3.05) is 18.5 Å². The molecule has 0 bridgehead atoms. The van der Waals surface area contributed by atoms with Gasteiger partial charge in [0, 0.05) is 23.5 Å². The van der Waals surface area contributed by atoms with Crippen LogP contribution in [-0.2, 0) is 4.79 Å². The van der Waals surface area contributed by atoms with Gasteiger partial charge in [-0.15, -0.1) is 6.58 Å². The molecule has 0 radical (unpaired) electrons. The molecule has 1 aromatic rings. The fourth-order valence-electron chi connectivity index (χ4n) is 2.38. The molecule has 1 fully saturated rings. The summed E-state index contributed by atoms with van der Waals surface area (Å²) in [5.41, 5.74) is 1.17. The molecule has 7 heteroatoms. The molecule has 3 rings (SSSR count). The van der Waals surface area contributed by atoms with Crippen molar-refractivity contribution in [1.82, 2.24) is 4.90 Å². The first-order valence-corrected chi connectivity index (χ1v) is 9.87. The van der Waals surface area contributed by atoms with Crippen LogP contribution in [-0.4, -0.2) is 28.7 Å². The van der Waals surface area contributed by atoms with Crippen molar-refractivity contribution in [2.45, 2.75) is 4.90 Å². The smallest absolute Gasteiger partial charge is 0.266 e. The highest BCUT2D eigenvalue weighted by Gasteiger charge is 2.31. The van der Waals surface area contributed by atoms with E-state index in [1.807, 2.05) is 25.3 Å². The lowest BCUT2D eigenvalue weighted by Gasteiger charge is -2.12. The van der Waals surface area contributed by atoms with E-state index in [0.29, 0.717) is 20.8 Å². The first-order chi connectivity index (χ1) is 12.0. The van der Waals surface area contributed by atoms with Gasteiger partial charge in [0.05, 0.1) is 15.6 Å². The van der Waals surface area contributed by atoms with Gasteiger partial charge in [0.25, 0.3) is 5.91 Å². The Morgan fingerprint density at radius 2 is 2.12 bits per heavy atom. The van der Waals surface area contributed by atoms with E-state index >= 15 is 0 Å². The summed E-state index contributed by atoms with van der Waals surface area (Å²) >= 11 is 14.5. The number of thioether (sulfide) groups is 2. The summed E-state index contributed by atoms with van der Waals surface area (Å²) in [6.07, 6.45) is 7.06. The molecule has 2 aliphatic rings. The maximum absolute atomic E-state index is 12.3. The number of para-hydroxylation sites is 1. The van der Waals surface area contributed by atoms with Gasteiger partial charge in [0.2, 0.25) is 0 Å². The minimum absolute atomic E-state index is 0.131. The third kappa shape index (κ3) is 3.87. The lowest BCUT2D eigenvalue weighted by molar-refractivity contribution is -0.121. The number of thiocarbonyl (C=S) groups is 1. The van der Waals surface area contributed by atoms with Crippen LogP contribution >= 0.6 is 47.3 Å². The fraction of sp³-hybridized carbons (Fsp3) is 0.111. The average molecular weight is 407 g/mol. The topological polar surface area (TPSA) is 23.6 Å². The van der Waals surface area contributed by atoms with Crippen LogP contribution in [0.4, 0.5) is 5.69 Å². The van der Waals surface area contributed by atoms with Gasteiger partial charge in [0.1, 0.15) is 4.32 Å². The van der Waals surface area contributed by atoms with Crippen LogP contribution in [0.3, 0.4) is 0 Å². The van der Waals surface area contributed by atoms with Crippen LogP contribution in [0, 0.1) is 0 Å². The van der Waals surface area contributed by atoms with E-state index in [1.54, 1.807) is 30.0 Å². The molecule has 1 aromatic carbocycles. The summed E-state index contributed by atoms with van der Waals surface area (Å²) in [6, 6.07) is 8.22. The summed E-state index contributed by atoms with van der Waals surface area (Å²) in [4.78, 5) is 17.7. The summed E-state index contributed by atoms with van der Waals surface area (Å²) in [6.45, 7) is 4.05. The van der Waals surface area contributed by atoms with Crippen LogP contribution in [0.5, 0.6) is 0 Å². The van der Waals surface area contributed by atoms with Crippen molar-refractivity contribution in [3.63, 3.8) is 0 Å². The van der Waals surface area contributed by atoms with Crippen LogP contribution in [0.25, 0.3) is 0 Å². The van der Waals surface area contributed by atoms with Crippen LogP contribution in [0.1, 0.15) is 0 Å². The molecule has 0 saturated carbocycles. The molecule has 0 aromatic heterocycles. The van der Waals surface area contributed by atoms with Crippen LogP contribution in [0.15, 0.2) is 75.0 Å². The van der Waals surface area contributed by atoms with Crippen LogP contribution < -0.4 is 4.90 Å². The highest BCUT2D eigenvalue weighted by Crippen LogP contribution is 2.44. The first kappa shape index (κ1) is 18.3. The molecule has 128 valence electrons. The number of fused-ring (bicyclic) bond motifs is 1. The molecule has 3 nitrogen and oxygen atoms in total. The van der Waals surface area contributed by atoms with Crippen molar-refractivity contribution in [1.29, 1.82) is 0 Å². The van der Waals surface area contributed by atoms with Crippen molar-refractivity contribution < 1.29 is 4.79 Å². The third-order valence-electron chi connectivity index (χ3n) is 3.61. The van der Waals surface area contributed by atoms with Crippen LogP contribution in [0.2, 0.25) is 0 Å². The summed E-state index contributed by atoms with van der Waals surface area (Å²) in [7, 11) is 2.02. The Morgan fingerprint density at radius 3 is 2.84 bits per heavy atom. The quantitative estimate of drug-likeness (QED) is 0.392. The SMILES string of the molecule is C=CCN1C(=O)/C(=C/C(Cl)=C/C=C2\Sc3ccccc3N2C)SC1=S. The van der Waals surface area contributed by atoms with Crippen molar-refractivity contribution >= 4 is 63.3 Å². The Balaban J connectivity index is 1.76. The molecule has 0 unspecified atom stereocenters. The molecule has 1 saturated heterocycles. The van der Waals surface area contributed by atoms with Crippen molar-refractivity contribution in [2.24, 2.45) is 0 Å². The second-order valence-electron chi connectivity index (χ2n) is 5.27. The second-order valence-corrected chi connectivity index (χ2v) is 8.44. The van der Waals surface area contributed by atoms with Crippen molar-refractivity contribution in [3.05, 3.63) is 70.1 Å². The lowest BCUT2D eigenvalue weighted by atomic mass is 10.3. The number of benzene rings is 1. The lowest BCUT2D eigenvalue weighted by Crippen LogP contribution is -2.27. The zero-order chi connectivity index (χ0) is 18.0. The van der Waals surface area contributed by atoms with Gasteiger partial charge in [-0.1, -0.05) is 65.6 Å². The Hall–Kier alpha value is -1.47. The van der Waals surface area contributed by atoms with Gasteiger partial charge in [-0.05, 0) is 30.4 Å². The molecule has 0 N–H and O–H groups in total. The highest BCUT2D eigenvalue weighted by molar-refractivity contribution is 8.26. The standard InChI is InChI=1S/C18H15ClN2OS3/c1-3-10-21-17(22)15(25-18(21)23)11-12(19)8-9-16-20(2)13-6-4-5-7-14(13)24-16/h3-9,11H,1,10H2,2H3/b12-8-,15-11-,16-9-. The first-order valence-electron chi connectivity index (χ1n) is 7.45. The number of amides is 1. The van der Waals surface area contributed by atoms with Crippen molar-refractivity contribution in [3.8, 4) is 0 Å². The number of carbonyl (C=O) groups excluding carboxylic acids is 1. The van der Waals surface area contributed by atoms with Gasteiger partial charge < -0.3 is 4.90 Å². The molecule has 2 aliphatic heterocycles. The van der Waals surface area contributed by atoms with E-state index in [1.165, 1.54) is 27.2 Å². The Bertz CT molecular complexity index is 844. The zero-order valence-electron chi connectivity index (χ0n) is 13.4. The molecule has 2 heterocycles. The number of rotatable bonds is 4. The van der Waals surface area contributed by atoms with E-state index in [0.717, 1.165) is 5.03 Å². The fourth-order valence-corrected chi connectivity index (χ4v) is 4.93. The van der Waals surface area contributed by atoms with E-state index in [-0.39, 0.29) is 5.91 Å². The maximum atomic E-state index is 12.3. The van der Waals surface area contributed by atoms with E-state index in [2.05, 4.69) is 23.6 Å². The number of carbonyl (C=O) groups is 1. The predicted molar refractivity (Wildman–Crippen MR) is 113 cm³/mol. The normalized spacial score (nSPS) is 20.8. The summed E-state index contributed by atoms with van der Waals surface area (Å²) in [5, 5.41) is 1.56. The summed E-state index contributed by atoms with van der Waals surface area (Å²) in [5.74, 6) is -0.131. The number of hydrogen-bond acceptors (Lipinski definition) is 5. The maximum Gasteiger partial charge on any atom is 0.266 e. The minimum atomic E-state index is -0.131. The number of nitrogens with zero attached hydrogens (tertiary/aromatic N) is 2. The van der Waals surface area contributed by atoms with E-state index < -0.39 is 0 Å². The minimum Gasteiger partial charge on any atom is -0.338 e. The largest absolute Gasteiger partial charge is 0.338 e. The summed E-state index contributed by atoms with van der Waals surface area (Å²) < 4.78 is 0.528. The Morgan fingerprint density at radius 1 is 1.36 bits per heavy atom. The average Bonchev–Trinajstić information content (AvgIpc) is 3.05. The molecule has 0 spiro atoms. The second kappa shape index (κ2) is 7.83. The highest BCUT2D eigenvalue weighted by atomic mass is 35.5. The molecular weight excluding hydrogens is 392 g/mol. The number of hydrogen-bond donors (Lipinski definition) is 0. The third-order valence-corrected chi connectivity index (χ3v) is 6.41. The molecule has 1 amide bonds. The monoisotopic (exact) mass is 406 g/mol. The van der Waals surface area contributed by atoms with Gasteiger partial charge >= 0.3 is 0 Å².